The van der Waals surface area contributed by atoms with Gasteiger partial charge in [0.2, 0.25) is 11.2 Å². The van der Waals surface area contributed by atoms with Crippen LogP contribution in [0.25, 0.3) is 11.2 Å². The van der Waals surface area contributed by atoms with Gasteiger partial charge in [-0.2, -0.15) is 0 Å². The number of H-pyrrole nitrogens is 1. The number of aromatic nitrogens is 4. The number of fused-ring (bicyclic) bond motifs is 3. The van der Waals surface area contributed by atoms with Gasteiger partial charge in [-0.15, -0.1) is 0 Å². The van der Waals surface area contributed by atoms with E-state index in [-0.39, 0.29) is 11.2 Å². The first-order valence-electron chi connectivity index (χ1n) is 10.6. The standard InChI is InChI=1S/C22H29N5O2/c1-4-5-6-7-12-27-20(28)18-19(24(3)22(27)29)23-21-25(13-9-14-26(18)21)17-11-8-10-16(2)15-17/h8,10-11,15H,4-7,9,12-14H2,1-3H3/p+1. The van der Waals surface area contributed by atoms with E-state index in [4.69, 9.17) is 0 Å². The summed E-state index contributed by atoms with van der Waals surface area (Å²) < 4.78 is 5.03. The molecule has 1 N–H and O–H groups in total. The molecule has 0 amide bonds. The lowest BCUT2D eigenvalue weighted by atomic mass is 10.2. The molecule has 1 aliphatic heterocycles. The van der Waals surface area contributed by atoms with Gasteiger partial charge in [0.05, 0.1) is 13.1 Å². The van der Waals surface area contributed by atoms with Crippen LogP contribution in [0.5, 0.6) is 0 Å². The highest BCUT2D eigenvalue weighted by Gasteiger charge is 2.33. The minimum Gasteiger partial charge on any atom is -0.267 e. The molecule has 0 fully saturated rings. The van der Waals surface area contributed by atoms with Crippen LogP contribution >= 0.6 is 0 Å². The number of anilines is 2. The molecule has 0 saturated carbocycles. The van der Waals surface area contributed by atoms with E-state index in [9.17, 15) is 9.59 Å². The van der Waals surface area contributed by atoms with Gasteiger partial charge in [-0.3, -0.25) is 13.9 Å². The lowest BCUT2D eigenvalue weighted by Gasteiger charge is -2.22. The lowest BCUT2D eigenvalue weighted by molar-refractivity contribution is -0.663. The van der Waals surface area contributed by atoms with Crippen LogP contribution in [0.2, 0.25) is 0 Å². The van der Waals surface area contributed by atoms with E-state index in [0.29, 0.717) is 17.7 Å². The maximum atomic E-state index is 13.3. The van der Waals surface area contributed by atoms with Crippen LogP contribution < -0.4 is 20.7 Å². The molecule has 29 heavy (non-hydrogen) atoms. The number of hydrogen-bond donors (Lipinski definition) is 1. The van der Waals surface area contributed by atoms with Crippen molar-refractivity contribution in [1.29, 1.82) is 0 Å². The van der Waals surface area contributed by atoms with Crippen LogP contribution in [0.4, 0.5) is 11.6 Å². The fraction of sp³-hybridized carbons (Fsp3) is 0.500. The van der Waals surface area contributed by atoms with Gasteiger partial charge in [0, 0.05) is 20.0 Å². The van der Waals surface area contributed by atoms with E-state index >= 15 is 0 Å². The van der Waals surface area contributed by atoms with Crippen molar-refractivity contribution >= 4 is 22.8 Å². The Hall–Kier alpha value is -2.83. The van der Waals surface area contributed by atoms with Crippen LogP contribution in [0.3, 0.4) is 0 Å². The summed E-state index contributed by atoms with van der Waals surface area (Å²) in [5.74, 6) is 0.868. The molecule has 7 nitrogen and oxygen atoms in total. The molecule has 1 aliphatic rings. The second-order valence-corrected chi connectivity index (χ2v) is 8.00. The summed E-state index contributed by atoms with van der Waals surface area (Å²) in [5.41, 5.74) is 3.04. The third-order valence-corrected chi connectivity index (χ3v) is 5.85. The summed E-state index contributed by atoms with van der Waals surface area (Å²) in [7, 11) is 1.74. The first-order chi connectivity index (χ1) is 14.0. The second-order valence-electron chi connectivity index (χ2n) is 8.00. The Bertz CT molecular complexity index is 1150. The van der Waals surface area contributed by atoms with Crippen LogP contribution in [0, 0.1) is 6.92 Å². The van der Waals surface area contributed by atoms with Gasteiger partial charge in [-0.05, 0) is 31.0 Å². The number of aromatic amines is 1. The fourth-order valence-electron chi connectivity index (χ4n) is 4.28. The zero-order valence-corrected chi connectivity index (χ0v) is 17.6. The Morgan fingerprint density at radius 2 is 2.00 bits per heavy atom. The highest BCUT2D eigenvalue weighted by molar-refractivity contribution is 5.70. The number of nitrogens with zero attached hydrogens (tertiary/aromatic N) is 4. The predicted molar refractivity (Wildman–Crippen MR) is 115 cm³/mol. The molecule has 2 aromatic heterocycles. The van der Waals surface area contributed by atoms with Gasteiger partial charge < -0.3 is 0 Å². The highest BCUT2D eigenvalue weighted by atomic mass is 16.2. The van der Waals surface area contributed by atoms with E-state index in [0.717, 1.165) is 56.8 Å². The first-order valence-corrected chi connectivity index (χ1v) is 10.6. The van der Waals surface area contributed by atoms with Crippen molar-refractivity contribution < 1.29 is 4.57 Å². The van der Waals surface area contributed by atoms with E-state index in [1.165, 1.54) is 10.1 Å². The third kappa shape index (κ3) is 3.39. The summed E-state index contributed by atoms with van der Waals surface area (Å²) in [5, 5.41) is 0. The normalized spacial score (nSPS) is 13.8. The van der Waals surface area contributed by atoms with Gasteiger partial charge in [0.15, 0.2) is 0 Å². The monoisotopic (exact) mass is 396 g/mol. The molecule has 0 atom stereocenters. The quantitative estimate of drug-likeness (QED) is 0.515. The molecule has 154 valence electrons. The summed E-state index contributed by atoms with van der Waals surface area (Å²) in [6.45, 7) is 6.34. The van der Waals surface area contributed by atoms with E-state index < -0.39 is 0 Å². The largest absolute Gasteiger partial charge is 0.364 e. The number of benzene rings is 1. The van der Waals surface area contributed by atoms with Crippen molar-refractivity contribution in [3.63, 3.8) is 0 Å². The number of imidazole rings is 1. The second kappa shape index (κ2) is 7.89. The fourth-order valence-corrected chi connectivity index (χ4v) is 4.28. The molecule has 0 saturated heterocycles. The van der Waals surface area contributed by atoms with E-state index in [1.807, 2.05) is 10.6 Å². The molecule has 0 bridgehead atoms. The lowest BCUT2D eigenvalue weighted by Crippen LogP contribution is -2.49. The molecule has 1 aromatic carbocycles. The Balaban J connectivity index is 1.84. The van der Waals surface area contributed by atoms with Crippen molar-refractivity contribution in [3.05, 3.63) is 50.7 Å². The van der Waals surface area contributed by atoms with Gasteiger partial charge in [-0.25, -0.2) is 19.2 Å². The Labute approximate surface area is 170 Å². The Morgan fingerprint density at radius 1 is 1.17 bits per heavy atom. The smallest absolute Gasteiger partial charge is 0.267 e. The Morgan fingerprint density at radius 3 is 2.76 bits per heavy atom. The molecular formula is C22H30N5O2+. The Kier molecular flexibility index (Phi) is 5.30. The average molecular weight is 397 g/mol. The van der Waals surface area contributed by atoms with Crippen molar-refractivity contribution in [1.82, 2.24) is 14.1 Å². The number of aryl methyl sites for hydroxylation is 3. The molecule has 0 unspecified atom stereocenters. The van der Waals surface area contributed by atoms with Crippen LogP contribution in [0.15, 0.2) is 33.9 Å². The summed E-state index contributed by atoms with van der Waals surface area (Å²) >= 11 is 0. The third-order valence-electron chi connectivity index (χ3n) is 5.85. The topological polar surface area (TPSA) is 66.9 Å². The zero-order valence-electron chi connectivity index (χ0n) is 17.6. The molecule has 7 heteroatoms. The number of rotatable bonds is 6. The molecule has 0 aliphatic carbocycles. The van der Waals surface area contributed by atoms with Crippen molar-refractivity contribution in [2.45, 2.75) is 59.0 Å². The van der Waals surface area contributed by atoms with Gasteiger partial charge in [-0.1, -0.05) is 38.3 Å². The number of hydrogen-bond acceptors (Lipinski definition) is 3. The number of unbranched alkanes of at least 4 members (excludes halogenated alkanes) is 3. The van der Waals surface area contributed by atoms with Crippen molar-refractivity contribution in [2.75, 3.05) is 11.4 Å². The molecule has 0 radical (unpaired) electrons. The van der Waals surface area contributed by atoms with Gasteiger partial charge in [0.25, 0.3) is 5.56 Å². The summed E-state index contributed by atoms with van der Waals surface area (Å²) in [6, 6.07) is 8.35. The maximum absolute atomic E-state index is 13.3. The molecule has 3 aromatic rings. The van der Waals surface area contributed by atoms with E-state index in [1.54, 1.807) is 11.6 Å². The molecule has 4 rings (SSSR count). The van der Waals surface area contributed by atoms with Crippen LogP contribution in [0.1, 0.15) is 44.6 Å². The van der Waals surface area contributed by atoms with Gasteiger partial charge in [0.1, 0.15) is 5.69 Å². The first kappa shape index (κ1) is 19.5. The average Bonchev–Trinajstić information content (AvgIpc) is 3.11. The van der Waals surface area contributed by atoms with Crippen molar-refractivity contribution in [2.24, 2.45) is 7.05 Å². The van der Waals surface area contributed by atoms with Crippen LogP contribution in [-0.2, 0) is 20.1 Å². The molecule has 0 spiro atoms. The van der Waals surface area contributed by atoms with Gasteiger partial charge >= 0.3 is 11.6 Å². The molecular weight excluding hydrogens is 366 g/mol. The highest BCUT2D eigenvalue weighted by Crippen LogP contribution is 2.26. The molecule has 3 heterocycles. The minimum absolute atomic E-state index is 0.187. The maximum Gasteiger partial charge on any atom is 0.364 e. The SMILES string of the molecule is CCCCCCn1c(=O)c2c([nH]c3[n+]2CCCN3c2cccc(C)c2)n(C)c1=O. The minimum atomic E-state index is -0.250. The predicted octanol–water partition coefficient (Wildman–Crippen LogP) is 2.75. The van der Waals surface area contributed by atoms with Crippen LogP contribution in [-0.4, -0.2) is 20.7 Å². The number of nitrogens with one attached hydrogen (secondary N) is 1. The zero-order chi connectivity index (χ0) is 20.5. The van der Waals surface area contributed by atoms with Crippen molar-refractivity contribution in [3.8, 4) is 0 Å². The summed E-state index contributed by atoms with van der Waals surface area (Å²) in [6.07, 6.45) is 5.07. The summed E-state index contributed by atoms with van der Waals surface area (Å²) in [4.78, 5) is 31.7. The van der Waals surface area contributed by atoms with E-state index in [2.05, 4.69) is 41.9 Å².